The highest BCUT2D eigenvalue weighted by Crippen LogP contribution is 2.24. The fraction of sp³-hybridized carbons (Fsp3) is 0.417. The van der Waals surface area contributed by atoms with Crippen LogP contribution in [0.15, 0.2) is 46.9 Å². The molecular weight excluding hydrogens is 476 g/mol. The molecule has 7 heteroatoms. The van der Waals surface area contributed by atoms with Crippen molar-refractivity contribution in [2.45, 2.75) is 46.5 Å². The predicted octanol–water partition coefficient (Wildman–Crippen LogP) is 6.57. The molecular formula is C24H31BrN2O3S. The number of hydrogen-bond donors (Lipinski definition) is 2. The van der Waals surface area contributed by atoms with E-state index in [0.29, 0.717) is 30.4 Å². The number of hydrogen-bond acceptors (Lipinski definition) is 4. The molecule has 0 fully saturated rings. The van der Waals surface area contributed by atoms with E-state index in [1.165, 1.54) is 12.8 Å². The molecule has 1 amide bonds. The first-order valence-electron chi connectivity index (χ1n) is 10.7. The number of rotatable bonds is 11. The van der Waals surface area contributed by atoms with Gasteiger partial charge in [-0.15, -0.1) is 0 Å². The van der Waals surface area contributed by atoms with Crippen molar-refractivity contribution in [3.63, 3.8) is 0 Å². The quantitative estimate of drug-likeness (QED) is 0.266. The fourth-order valence-corrected chi connectivity index (χ4v) is 3.35. The van der Waals surface area contributed by atoms with E-state index in [2.05, 4.69) is 47.3 Å². The lowest BCUT2D eigenvalue weighted by molar-refractivity contribution is 0.0973. The summed E-state index contributed by atoms with van der Waals surface area (Å²) in [5.41, 5.74) is 1.18. The lowest BCUT2D eigenvalue weighted by atomic mass is 10.2. The Morgan fingerprint density at radius 3 is 2.65 bits per heavy atom. The van der Waals surface area contributed by atoms with Crippen molar-refractivity contribution < 1.29 is 14.3 Å². The van der Waals surface area contributed by atoms with Crippen molar-refractivity contribution in [1.29, 1.82) is 0 Å². The molecule has 0 bridgehead atoms. The van der Waals surface area contributed by atoms with Gasteiger partial charge in [-0.25, -0.2) is 0 Å². The number of benzene rings is 2. The smallest absolute Gasteiger partial charge is 0.261 e. The number of carbonyl (C=O) groups is 1. The van der Waals surface area contributed by atoms with Crippen molar-refractivity contribution in [2.24, 2.45) is 5.92 Å². The van der Waals surface area contributed by atoms with Gasteiger partial charge in [0.1, 0.15) is 11.5 Å². The highest BCUT2D eigenvalue weighted by Gasteiger charge is 2.15. The van der Waals surface area contributed by atoms with Crippen molar-refractivity contribution in [3.05, 3.63) is 52.5 Å². The van der Waals surface area contributed by atoms with Crippen molar-refractivity contribution in [3.8, 4) is 11.5 Å². The molecule has 0 aliphatic heterocycles. The van der Waals surface area contributed by atoms with E-state index < -0.39 is 0 Å². The maximum Gasteiger partial charge on any atom is 0.261 e. The van der Waals surface area contributed by atoms with E-state index in [9.17, 15) is 4.79 Å². The standard InChI is InChI=1S/C24H31BrN2O3S/c1-4-5-6-7-13-29-22-12-11-18(25)14-21(22)23(28)27-24(31)26-19-9-8-10-20(15-19)30-16-17(2)3/h8-12,14-15,17H,4-7,13,16H2,1-3H3,(H2,26,27,28,31). The van der Waals surface area contributed by atoms with Gasteiger partial charge in [0.2, 0.25) is 0 Å². The number of nitrogens with one attached hydrogen (secondary N) is 2. The van der Waals surface area contributed by atoms with Crippen LogP contribution in [0.5, 0.6) is 11.5 Å². The number of unbranched alkanes of at least 4 members (excludes halogenated alkanes) is 3. The molecule has 0 saturated heterocycles. The molecule has 0 aliphatic rings. The van der Waals surface area contributed by atoms with Crippen LogP contribution < -0.4 is 20.1 Å². The van der Waals surface area contributed by atoms with Crippen LogP contribution in [0.3, 0.4) is 0 Å². The molecule has 0 unspecified atom stereocenters. The molecule has 0 saturated carbocycles. The zero-order chi connectivity index (χ0) is 22.6. The van der Waals surface area contributed by atoms with Gasteiger partial charge in [0.15, 0.2) is 5.11 Å². The van der Waals surface area contributed by atoms with Gasteiger partial charge in [0, 0.05) is 16.2 Å². The van der Waals surface area contributed by atoms with E-state index >= 15 is 0 Å². The first-order chi connectivity index (χ1) is 14.9. The minimum Gasteiger partial charge on any atom is -0.493 e. The lowest BCUT2D eigenvalue weighted by Gasteiger charge is -2.14. The molecule has 2 N–H and O–H groups in total. The molecule has 5 nitrogen and oxygen atoms in total. The molecule has 2 rings (SSSR count). The van der Waals surface area contributed by atoms with Crippen molar-refractivity contribution >= 4 is 44.9 Å². The highest BCUT2D eigenvalue weighted by atomic mass is 79.9. The monoisotopic (exact) mass is 506 g/mol. The third-order valence-electron chi connectivity index (χ3n) is 4.34. The van der Waals surface area contributed by atoms with Gasteiger partial charge in [-0.1, -0.05) is 62.0 Å². The van der Waals surface area contributed by atoms with E-state index in [1.807, 2.05) is 30.3 Å². The third kappa shape index (κ3) is 9.27. The van der Waals surface area contributed by atoms with Gasteiger partial charge < -0.3 is 14.8 Å². The summed E-state index contributed by atoms with van der Waals surface area (Å²) in [6, 6.07) is 12.9. The average Bonchev–Trinajstić information content (AvgIpc) is 2.73. The van der Waals surface area contributed by atoms with E-state index in [-0.39, 0.29) is 11.0 Å². The van der Waals surface area contributed by atoms with Crippen molar-refractivity contribution in [1.82, 2.24) is 5.32 Å². The molecule has 2 aromatic carbocycles. The molecule has 0 radical (unpaired) electrons. The van der Waals surface area contributed by atoms with Gasteiger partial charge in [-0.05, 0) is 54.9 Å². The highest BCUT2D eigenvalue weighted by molar-refractivity contribution is 9.10. The fourth-order valence-electron chi connectivity index (χ4n) is 2.78. The Hall–Kier alpha value is -2.12. The first kappa shape index (κ1) is 25.1. The van der Waals surface area contributed by atoms with Crippen molar-refractivity contribution in [2.75, 3.05) is 18.5 Å². The number of thiocarbonyl (C=S) groups is 1. The number of amides is 1. The summed E-state index contributed by atoms with van der Waals surface area (Å²) < 4.78 is 12.4. The maximum atomic E-state index is 12.8. The van der Waals surface area contributed by atoms with Crippen LogP contribution in [-0.4, -0.2) is 24.2 Å². The number of halogens is 1. The van der Waals surface area contributed by atoms with Crippen LogP contribution in [-0.2, 0) is 0 Å². The summed E-state index contributed by atoms with van der Waals surface area (Å²) in [5.74, 6) is 1.41. The molecule has 0 atom stereocenters. The van der Waals surface area contributed by atoms with Crippen LogP contribution in [0.2, 0.25) is 0 Å². The second-order valence-corrected chi connectivity index (χ2v) is 9.01. The third-order valence-corrected chi connectivity index (χ3v) is 5.04. The van der Waals surface area contributed by atoms with Gasteiger partial charge >= 0.3 is 0 Å². The maximum absolute atomic E-state index is 12.8. The summed E-state index contributed by atoms with van der Waals surface area (Å²) in [4.78, 5) is 12.8. The Bertz CT molecular complexity index is 874. The van der Waals surface area contributed by atoms with Crippen LogP contribution >= 0.6 is 28.1 Å². The molecule has 0 aliphatic carbocycles. The number of anilines is 1. The molecule has 0 spiro atoms. The Balaban J connectivity index is 1.97. The van der Waals surface area contributed by atoms with Crippen LogP contribution in [0.25, 0.3) is 0 Å². The lowest BCUT2D eigenvalue weighted by Crippen LogP contribution is -2.34. The normalized spacial score (nSPS) is 10.6. The van der Waals surface area contributed by atoms with E-state index in [0.717, 1.165) is 28.8 Å². The van der Waals surface area contributed by atoms with E-state index in [4.69, 9.17) is 21.7 Å². The Morgan fingerprint density at radius 1 is 1.10 bits per heavy atom. The molecule has 31 heavy (non-hydrogen) atoms. The predicted molar refractivity (Wildman–Crippen MR) is 134 cm³/mol. The van der Waals surface area contributed by atoms with Gasteiger partial charge in [0.05, 0.1) is 18.8 Å². The summed E-state index contributed by atoms with van der Waals surface area (Å²) in [6.07, 6.45) is 4.42. The van der Waals surface area contributed by atoms with E-state index in [1.54, 1.807) is 12.1 Å². The van der Waals surface area contributed by atoms with Gasteiger partial charge in [-0.3, -0.25) is 10.1 Å². The average molecular weight is 507 g/mol. The largest absolute Gasteiger partial charge is 0.493 e. The molecule has 0 heterocycles. The van der Waals surface area contributed by atoms with Crippen LogP contribution in [0, 0.1) is 5.92 Å². The number of carbonyl (C=O) groups excluding carboxylic acids is 1. The minimum absolute atomic E-state index is 0.208. The molecule has 2 aromatic rings. The summed E-state index contributed by atoms with van der Waals surface area (Å²) in [5, 5.41) is 5.98. The zero-order valence-electron chi connectivity index (χ0n) is 18.4. The van der Waals surface area contributed by atoms with Gasteiger partial charge in [0.25, 0.3) is 5.91 Å². The summed E-state index contributed by atoms with van der Waals surface area (Å²) >= 11 is 8.76. The summed E-state index contributed by atoms with van der Waals surface area (Å²) in [6.45, 7) is 7.57. The minimum atomic E-state index is -0.324. The molecule has 168 valence electrons. The Kier molecular flexibility index (Phi) is 10.8. The molecule has 0 aromatic heterocycles. The van der Waals surface area contributed by atoms with Crippen LogP contribution in [0.1, 0.15) is 56.8 Å². The Labute approximate surface area is 199 Å². The second-order valence-electron chi connectivity index (χ2n) is 7.69. The van der Waals surface area contributed by atoms with Crippen LogP contribution in [0.4, 0.5) is 5.69 Å². The summed E-state index contributed by atoms with van der Waals surface area (Å²) in [7, 11) is 0. The number of ether oxygens (including phenoxy) is 2. The SMILES string of the molecule is CCCCCCOc1ccc(Br)cc1C(=O)NC(=S)Nc1cccc(OCC(C)C)c1. The zero-order valence-corrected chi connectivity index (χ0v) is 20.8. The van der Waals surface area contributed by atoms with Gasteiger partial charge in [-0.2, -0.15) is 0 Å². The topological polar surface area (TPSA) is 59.6 Å². The Morgan fingerprint density at radius 2 is 1.90 bits per heavy atom. The first-order valence-corrected chi connectivity index (χ1v) is 11.9. The second kappa shape index (κ2) is 13.3.